The lowest BCUT2D eigenvalue weighted by Crippen LogP contribution is -2.60. The zero-order chi connectivity index (χ0) is 41.0. The zero-order valence-corrected chi connectivity index (χ0v) is 34.0. The summed E-state index contributed by atoms with van der Waals surface area (Å²) in [5.41, 5.74) is 5.65. The number of hydrogen-bond acceptors (Lipinski definition) is 11. The molecule has 1 unspecified atom stereocenters. The molecule has 3 fully saturated rings. The van der Waals surface area contributed by atoms with Crippen LogP contribution in [0.5, 0.6) is 11.6 Å². The second kappa shape index (κ2) is 14.9. The lowest BCUT2D eigenvalue weighted by Gasteiger charge is -2.35. The number of nitrogens with two attached hydrogens (primary N) is 1. The van der Waals surface area contributed by atoms with Gasteiger partial charge in [0.25, 0.3) is 11.8 Å². The highest BCUT2D eigenvalue weighted by atomic mass is 32.2. The smallest absolute Gasteiger partial charge is 0.262 e. The molecule has 5 N–H and O–H groups in total. The minimum absolute atomic E-state index is 0.00951. The molecule has 0 radical (unpaired) electrons. The normalized spacial score (nSPS) is 22.6. The summed E-state index contributed by atoms with van der Waals surface area (Å²) in [5, 5.41) is 5.70. The minimum Gasteiger partial charge on any atom is -0.491 e. The van der Waals surface area contributed by atoms with E-state index in [9.17, 15) is 22.8 Å². The Labute approximate surface area is 336 Å². The summed E-state index contributed by atoms with van der Waals surface area (Å²) in [6, 6.07) is 12.7. The number of carbonyl (C=O) groups excluding carboxylic acids is 3. The van der Waals surface area contributed by atoms with E-state index in [1.54, 1.807) is 0 Å². The highest BCUT2D eigenvalue weighted by Gasteiger charge is 2.62. The first-order valence-electron chi connectivity index (χ1n) is 18.9. The largest absolute Gasteiger partial charge is 0.491 e. The maximum absolute atomic E-state index is 14.5. The monoisotopic (exact) mass is 817 g/mol. The summed E-state index contributed by atoms with van der Waals surface area (Å²) in [4.78, 5) is 53.5. The van der Waals surface area contributed by atoms with Crippen molar-refractivity contribution in [2.45, 2.75) is 95.4 Å². The molecule has 57 heavy (non-hydrogen) atoms. The predicted octanol–water partition coefficient (Wildman–Crippen LogP) is 4.10. The van der Waals surface area contributed by atoms with Gasteiger partial charge in [0.2, 0.25) is 27.4 Å². The summed E-state index contributed by atoms with van der Waals surface area (Å²) in [5.74, 6) is -1.37. The Hall–Kier alpha value is -5.29. The number of para-hydroxylation sites is 1. The number of sulfonamides is 1. The molecule has 0 bridgehead atoms. The first kappa shape index (κ1) is 39.9. The van der Waals surface area contributed by atoms with E-state index < -0.39 is 68.1 Å². The van der Waals surface area contributed by atoms with Crippen molar-refractivity contribution in [3.8, 4) is 23.0 Å². The van der Waals surface area contributed by atoms with E-state index in [0.717, 1.165) is 5.39 Å². The number of benzene rings is 2. The Bertz CT molecular complexity index is 2370. The maximum Gasteiger partial charge on any atom is 0.262 e. The van der Waals surface area contributed by atoms with Crippen molar-refractivity contribution >= 4 is 67.1 Å². The maximum atomic E-state index is 14.5. The third-order valence-electron chi connectivity index (χ3n) is 10.4. The lowest BCUT2D eigenvalue weighted by molar-refractivity contribution is -0.142. The van der Waals surface area contributed by atoms with Gasteiger partial charge >= 0.3 is 0 Å². The van der Waals surface area contributed by atoms with Gasteiger partial charge in [-0.1, -0.05) is 39.0 Å². The van der Waals surface area contributed by atoms with E-state index in [1.165, 1.54) is 11.0 Å². The van der Waals surface area contributed by atoms with Gasteiger partial charge < -0.3 is 35.2 Å². The van der Waals surface area contributed by atoms with E-state index in [-0.39, 0.29) is 42.1 Å². The SMILES string of the molecule is C=C[C@@H]1C[C@]1(NC(=O)[C@@H]1C[C@@H](Oc2nc(-c3ccc(OC(C)C)cc3)nc3c2oc2ccccc23)CN1C(=O)C(NC(N)=S)C(C)(C)C)C(=O)NS(=O)(=O)C1CC1. The third kappa shape index (κ3) is 8.12. The Kier molecular flexibility index (Phi) is 10.4. The van der Waals surface area contributed by atoms with E-state index in [4.69, 9.17) is 41.8 Å². The molecule has 302 valence electrons. The second-order valence-corrected chi connectivity index (χ2v) is 18.7. The topological polar surface area (TPSA) is 208 Å². The fraction of sp³-hybridized carbons (Fsp3) is 0.450. The number of rotatable bonds is 13. The summed E-state index contributed by atoms with van der Waals surface area (Å²) >= 11 is 5.13. The van der Waals surface area contributed by atoms with Crippen molar-refractivity contribution in [3.05, 3.63) is 61.2 Å². The van der Waals surface area contributed by atoms with Crippen LogP contribution in [0.3, 0.4) is 0 Å². The number of furan rings is 1. The third-order valence-corrected chi connectivity index (χ3v) is 12.4. The van der Waals surface area contributed by atoms with Crippen molar-refractivity contribution in [2.75, 3.05) is 6.54 Å². The highest BCUT2D eigenvalue weighted by Crippen LogP contribution is 2.46. The number of ether oxygens (including phenoxy) is 2. The van der Waals surface area contributed by atoms with Gasteiger partial charge in [0, 0.05) is 23.3 Å². The van der Waals surface area contributed by atoms with Crippen LogP contribution in [0, 0.1) is 11.3 Å². The predicted molar refractivity (Wildman–Crippen MR) is 217 cm³/mol. The van der Waals surface area contributed by atoms with Crippen LogP contribution in [-0.2, 0) is 24.4 Å². The molecule has 2 aliphatic carbocycles. The summed E-state index contributed by atoms with van der Waals surface area (Å²) in [6.45, 7) is 13.1. The molecular weight excluding hydrogens is 771 g/mol. The lowest BCUT2D eigenvalue weighted by atomic mass is 9.85. The first-order chi connectivity index (χ1) is 26.9. The number of nitrogens with zero attached hydrogens (tertiary/aromatic N) is 3. The number of hydrogen-bond donors (Lipinski definition) is 4. The van der Waals surface area contributed by atoms with E-state index >= 15 is 0 Å². The first-order valence-corrected chi connectivity index (χ1v) is 20.9. The Morgan fingerprint density at radius 3 is 2.42 bits per heavy atom. The number of likely N-dealkylation sites (tertiary alicyclic amines) is 1. The van der Waals surface area contributed by atoms with Gasteiger partial charge in [-0.05, 0) is 87.1 Å². The van der Waals surface area contributed by atoms with Gasteiger partial charge in [0.05, 0.1) is 17.9 Å². The number of carbonyl (C=O) groups is 3. The molecule has 15 nitrogen and oxygen atoms in total. The Morgan fingerprint density at radius 2 is 1.81 bits per heavy atom. The molecule has 2 aromatic carbocycles. The van der Waals surface area contributed by atoms with Crippen LogP contribution in [0.25, 0.3) is 33.5 Å². The standard InChI is InChI=1S/C40H47N7O8S2/c1-7-23-19-40(23,37(50)46-57(51,52)26-16-17-26)45-34(48)28-18-25(20-47(28)36(49)32(39(4,5)6)43-38(41)56)54-35-31-30(27-10-8-9-11-29(27)55-31)42-33(44-35)22-12-14-24(15-13-22)53-21(2)3/h7-15,21,23,25-26,28,32H,1,16-20H2,2-6H3,(H,45,48)(H,46,50)(H3,41,43,56)/t23-,25-,28+,32?,40-/m1/s1. The molecule has 5 atom stereocenters. The average molecular weight is 818 g/mol. The molecule has 3 amide bonds. The average Bonchev–Trinajstić information content (AvgIpc) is 4.05. The summed E-state index contributed by atoms with van der Waals surface area (Å²) in [6.07, 6.45) is 1.73. The fourth-order valence-electron chi connectivity index (χ4n) is 7.24. The number of fused-ring (bicyclic) bond motifs is 3. The second-order valence-electron chi connectivity index (χ2n) is 16.3. The number of aromatic nitrogens is 2. The van der Waals surface area contributed by atoms with E-state index in [1.807, 2.05) is 83.1 Å². The van der Waals surface area contributed by atoms with Crippen LogP contribution in [0.15, 0.2) is 65.6 Å². The van der Waals surface area contributed by atoms with Crippen molar-refractivity contribution < 1.29 is 36.7 Å². The fourth-order valence-corrected chi connectivity index (χ4v) is 8.72. The molecule has 4 aromatic rings. The molecular formula is C40H47N7O8S2. The summed E-state index contributed by atoms with van der Waals surface area (Å²) < 4.78 is 46.4. The van der Waals surface area contributed by atoms with Crippen LogP contribution in [-0.4, -0.2) is 87.7 Å². The van der Waals surface area contributed by atoms with Crippen molar-refractivity contribution in [1.82, 2.24) is 30.2 Å². The number of amides is 3. The van der Waals surface area contributed by atoms with Crippen molar-refractivity contribution in [1.29, 1.82) is 0 Å². The molecule has 1 saturated heterocycles. The highest BCUT2D eigenvalue weighted by molar-refractivity contribution is 7.91. The zero-order valence-electron chi connectivity index (χ0n) is 32.4. The van der Waals surface area contributed by atoms with E-state index in [2.05, 4.69) is 21.9 Å². The molecule has 2 aromatic heterocycles. The molecule has 1 aliphatic heterocycles. The molecule has 7 rings (SSSR count). The van der Waals surface area contributed by atoms with Gasteiger partial charge in [0.1, 0.15) is 40.6 Å². The van der Waals surface area contributed by atoms with Crippen LogP contribution in [0.2, 0.25) is 0 Å². The van der Waals surface area contributed by atoms with Crippen LogP contribution < -0.4 is 30.6 Å². The molecule has 3 aliphatic rings. The Balaban J connectivity index is 1.23. The van der Waals surface area contributed by atoms with Gasteiger partial charge in [-0.25, -0.2) is 13.4 Å². The molecule has 3 heterocycles. The summed E-state index contributed by atoms with van der Waals surface area (Å²) in [7, 11) is -3.91. The molecule has 0 spiro atoms. The Morgan fingerprint density at radius 1 is 1.11 bits per heavy atom. The van der Waals surface area contributed by atoms with Crippen LogP contribution in [0.1, 0.15) is 60.3 Å². The van der Waals surface area contributed by atoms with Crippen molar-refractivity contribution in [3.63, 3.8) is 0 Å². The minimum atomic E-state index is -3.91. The number of nitrogens with one attached hydrogen (secondary N) is 3. The van der Waals surface area contributed by atoms with Gasteiger partial charge in [-0.3, -0.25) is 19.1 Å². The quantitative estimate of drug-likeness (QED) is 0.111. The van der Waals surface area contributed by atoms with Gasteiger partial charge in [-0.15, -0.1) is 6.58 Å². The molecule has 2 saturated carbocycles. The van der Waals surface area contributed by atoms with Gasteiger partial charge in [0.15, 0.2) is 10.9 Å². The van der Waals surface area contributed by atoms with Gasteiger partial charge in [-0.2, -0.15) is 4.98 Å². The van der Waals surface area contributed by atoms with Crippen LogP contribution >= 0.6 is 12.2 Å². The molecule has 17 heteroatoms. The number of thiocarbonyl (C=S) groups is 1. The van der Waals surface area contributed by atoms with E-state index in [0.29, 0.717) is 41.1 Å². The van der Waals surface area contributed by atoms with Crippen LogP contribution in [0.4, 0.5) is 0 Å². The van der Waals surface area contributed by atoms with Crippen molar-refractivity contribution in [2.24, 2.45) is 17.1 Å².